The number of carbonyl (C=O) groups excluding carboxylic acids is 2. The summed E-state index contributed by atoms with van der Waals surface area (Å²) < 4.78 is 21.3. The van der Waals surface area contributed by atoms with Crippen molar-refractivity contribution in [2.24, 2.45) is 0 Å². The van der Waals surface area contributed by atoms with E-state index in [-0.39, 0.29) is 58.1 Å². The second kappa shape index (κ2) is 10.4. The lowest BCUT2D eigenvalue weighted by atomic mass is 9.98. The minimum absolute atomic E-state index is 0.102. The van der Waals surface area contributed by atoms with Crippen molar-refractivity contribution in [3.8, 4) is 17.0 Å². The topological polar surface area (TPSA) is 69.2 Å². The predicted octanol–water partition coefficient (Wildman–Crippen LogP) is 4.08. The van der Waals surface area contributed by atoms with E-state index in [0.29, 0.717) is 37.6 Å². The van der Waals surface area contributed by atoms with Crippen LogP contribution in [-0.2, 0) is 4.79 Å². The molecule has 4 heterocycles. The number of anilines is 1. The Labute approximate surface area is 234 Å². The molecule has 2 amide bonds. The first-order valence-corrected chi connectivity index (χ1v) is 13.8. The number of carbonyl (C=O) groups is 2. The molecule has 2 atom stereocenters. The second-order valence-corrected chi connectivity index (χ2v) is 11.5. The van der Waals surface area contributed by atoms with Gasteiger partial charge < -0.3 is 24.3 Å². The first-order chi connectivity index (χ1) is 18.6. The van der Waals surface area contributed by atoms with Crippen LogP contribution in [0.3, 0.4) is 0 Å². The van der Waals surface area contributed by atoms with Crippen LogP contribution in [0.15, 0.2) is 36.9 Å². The van der Waals surface area contributed by atoms with Gasteiger partial charge in [-0.3, -0.25) is 9.59 Å². The van der Waals surface area contributed by atoms with Gasteiger partial charge in [0.2, 0.25) is 5.91 Å². The van der Waals surface area contributed by atoms with Gasteiger partial charge in [0.1, 0.15) is 28.8 Å². The molecule has 1 aromatic carbocycles. The summed E-state index contributed by atoms with van der Waals surface area (Å²) in [5.41, 5.74) is 0.434. The number of aromatic nitrogens is 1. The first kappa shape index (κ1) is 27.4. The molecule has 0 bridgehead atoms. The van der Waals surface area contributed by atoms with E-state index in [1.54, 1.807) is 28.0 Å². The zero-order chi connectivity index (χ0) is 28.1. The summed E-state index contributed by atoms with van der Waals surface area (Å²) in [6, 6.07) is 6.21. The molecule has 0 N–H and O–H groups in total. The van der Waals surface area contributed by atoms with E-state index in [0.717, 1.165) is 13.0 Å². The van der Waals surface area contributed by atoms with E-state index >= 15 is 4.39 Å². The number of piperazine rings is 1. The third kappa shape index (κ3) is 4.76. The number of pyridine rings is 1. The van der Waals surface area contributed by atoms with Crippen molar-refractivity contribution in [1.29, 1.82) is 0 Å². The molecule has 0 aliphatic carbocycles. The van der Waals surface area contributed by atoms with E-state index in [4.69, 9.17) is 21.3 Å². The van der Waals surface area contributed by atoms with Gasteiger partial charge in [0.05, 0.1) is 11.7 Å². The lowest BCUT2D eigenvalue weighted by molar-refractivity contribution is -0.128. The molecule has 39 heavy (non-hydrogen) atoms. The molecule has 1 unspecified atom stereocenters. The molecule has 0 saturated carbocycles. The number of hydrogen-bond donors (Lipinski definition) is 0. The fraction of sp³-hybridized carbons (Fsp3) is 0.483. The number of benzene rings is 1. The summed E-state index contributed by atoms with van der Waals surface area (Å²) in [6.45, 7) is 12.7. The summed E-state index contributed by atoms with van der Waals surface area (Å²) >= 11 is 6.89. The van der Waals surface area contributed by atoms with Gasteiger partial charge in [-0.2, -0.15) is 0 Å². The van der Waals surface area contributed by atoms with E-state index in [1.165, 1.54) is 12.1 Å². The number of ether oxygens (including phenoxy) is 1. The maximum Gasteiger partial charge on any atom is 0.261 e. The molecule has 0 radical (unpaired) electrons. The normalized spacial score (nSPS) is 22.3. The molecular weight excluding hydrogens is 521 g/mol. The fourth-order valence-corrected chi connectivity index (χ4v) is 6.23. The highest BCUT2D eigenvalue weighted by Crippen LogP contribution is 2.47. The average Bonchev–Trinajstić information content (AvgIpc) is 3.17. The number of fused-ring (bicyclic) bond motifs is 2. The molecular formula is C29H35ClFN5O3. The third-order valence-corrected chi connectivity index (χ3v) is 8.66. The maximum atomic E-state index is 15.0. The second-order valence-electron chi connectivity index (χ2n) is 11.1. The Hall–Kier alpha value is -3.17. The minimum atomic E-state index is -0.460. The Morgan fingerprint density at radius 1 is 1.31 bits per heavy atom. The molecule has 0 spiro atoms. The maximum absolute atomic E-state index is 15.0. The van der Waals surface area contributed by atoms with Gasteiger partial charge in [-0.05, 0) is 52.1 Å². The zero-order valence-electron chi connectivity index (χ0n) is 22.9. The van der Waals surface area contributed by atoms with Crippen LogP contribution in [0.25, 0.3) is 11.3 Å². The van der Waals surface area contributed by atoms with Crippen molar-refractivity contribution >= 4 is 29.2 Å². The molecule has 5 rings (SSSR count). The molecule has 8 nitrogen and oxygen atoms in total. The van der Waals surface area contributed by atoms with Crippen LogP contribution in [0.2, 0.25) is 5.02 Å². The highest BCUT2D eigenvalue weighted by atomic mass is 35.5. The Morgan fingerprint density at radius 2 is 2.05 bits per heavy atom. The molecule has 3 aliphatic heterocycles. The van der Waals surface area contributed by atoms with E-state index < -0.39 is 5.82 Å². The largest absolute Gasteiger partial charge is 0.489 e. The molecule has 2 saturated heterocycles. The van der Waals surface area contributed by atoms with Gasteiger partial charge in [0.25, 0.3) is 5.91 Å². The van der Waals surface area contributed by atoms with Gasteiger partial charge >= 0.3 is 0 Å². The molecule has 1 aromatic heterocycles. The quantitative estimate of drug-likeness (QED) is 0.518. The van der Waals surface area contributed by atoms with Gasteiger partial charge in [0, 0.05) is 43.3 Å². The van der Waals surface area contributed by atoms with Crippen molar-refractivity contribution in [2.45, 2.75) is 44.8 Å². The standard InChI is InChI=1S/C29H35ClFN5O3/c1-6-22(37)34-12-13-35-19(15-34)17-39-26-23(28(35)38)27(36-16-18(33(5)7-2)14-29(36,3)4)32-25(24(26)30)20-10-8-9-11-21(20)31/h6,8-11,18-19H,1,7,12-17H2,2-5H3/t18?,19-/m1/s1. The first-order valence-electron chi connectivity index (χ1n) is 13.4. The molecule has 208 valence electrons. The number of hydrogen-bond acceptors (Lipinski definition) is 6. The fourth-order valence-electron chi connectivity index (χ4n) is 5.94. The minimum Gasteiger partial charge on any atom is -0.489 e. The summed E-state index contributed by atoms with van der Waals surface area (Å²) in [4.78, 5) is 39.3. The zero-order valence-corrected chi connectivity index (χ0v) is 23.7. The lowest BCUT2D eigenvalue weighted by Gasteiger charge is -2.40. The number of amides is 2. The predicted molar refractivity (Wildman–Crippen MR) is 150 cm³/mol. The van der Waals surface area contributed by atoms with Crippen LogP contribution in [0, 0.1) is 5.82 Å². The highest BCUT2D eigenvalue weighted by Gasteiger charge is 2.46. The van der Waals surface area contributed by atoms with E-state index in [1.807, 2.05) is 0 Å². The SMILES string of the molecule is C=CC(=O)N1CCN2C(=O)c3c(N4CC(N(C)CC)CC4(C)C)nc(-c4ccccc4F)c(Cl)c3OC[C@H]2C1. The van der Waals surface area contributed by atoms with Crippen LogP contribution in [0.4, 0.5) is 10.2 Å². The van der Waals surface area contributed by atoms with Gasteiger partial charge in [-0.1, -0.05) is 37.2 Å². The van der Waals surface area contributed by atoms with Crippen molar-refractivity contribution < 1.29 is 18.7 Å². The van der Waals surface area contributed by atoms with Crippen molar-refractivity contribution in [3.05, 3.63) is 53.3 Å². The lowest BCUT2D eigenvalue weighted by Crippen LogP contribution is -2.57. The summed E-state index contributed by atoms with van der Waals surface area (Å²) in [5, 5.41) is 0.102. The Kier molecular flexibility index (Phi) is 7.33. The average molecular weight is 556 g/mol. The highest BCUT2D eigenvalue weighted by molar-refractivity contribution is 6.35. The van der Waals surface area contributed by atoms with Crippen LogP contribution < -0.4 is 9.64 Å². The van der Waals surface area contributed by atoms with Crippen molar-refractivity contribution in [2.75, 3.05) is 51.3 Å². The number of rotatable bonds is 5. The van der Waals surface area contributed by atoms with Crippen molar-refractivity contribution in [3.63, 3.8) is 0 Å². The number of nitrogens with zero attached hydrogens (tertiary/aromatic N) is 5. The van der Waals surface area contributed by atoms with Crippen LogP contribution in [0.1, 0.15) is 37.6 Å². The van der Waals surface area contributed by atoms with Crippen LogP contribution >= 0.6 is 11.6 Å². The number of likely N-dealkylation sites (N-methyl/N-ethyl adjacent to an activating group) is 1. The number of halogens is 2. The summed E-state index contributed by atoms with van der Waals surface area (Å²) in [7, 11) is 2.09. The summed E-state index contributed by atoms with van der Waals surface area (Å²) in [6.07, 6.45) is 2.15. The Morgan fingerprint density at radius 3 is 2.74 bits per heavy atom. The summed E-state index contributed by atoms with van der Waals surface area (Å²) in [5.74, 6) is -0.233. The Bertz CT molecular complexity index is 1320. The Balaban J connectivity index is 1.67. The smallest absolute Gasteiger partial charge is 0.261 e. The van der Waals surface area contributed by atoms with Crippen LogP contribution in [-0.4, -0.2) is 95.5 Å². The molecule has 2 aromatic rings. The van der Waals surface area contributed by atoms with Gasteiger partial charge in [-0.15, -0.1) is 0 Å². The monoisotopic (exact) mass is 555 g/mol. The van der Waals surface area contributed by atoms with Gasteiger partial charge in [0.15, 0.2) is 5.75 Å². The van der Waals surface area contributed by atoms with E-state index in [9.17, 15) is 9.59 Å². The third-order valence-electron chi connectivity index (χ3n) is 8.31. The van der Waals surface area contributed by atoms with Gasteiger partial charge in [-0.25, -0.2) is 9.37 Å². The van der Waals surface area contributed by atoms with Crippen LogP contribution in [0.5, 0.6) is 5.75 Å². The van der Waals surface area contributed by atoms with Crippen molar-refractivity contribution in [1.82, 2.24) is 19.7 Å². The molecule has 2 fully saturated rings. The molecule has 10 heteroatoms. The molecule has 3 aliphatic rings. The van der Waals surface area contributed by atoms with E-state index in [2.05, 4.69) is 44.2 Å².